The average Bonchev–Trinajstić information content (AvgIpc) is 2.48. The fraction of sp³-hybridized carbons (Fsp3) is 0.111. The first-order valence-electron chi connectivity index (χ1n) is 3.54. The Kier molecular flexibility index (Phi) is 1.58. The van der Waals surface area contributed by atoms with E-state index in [2.05, 4.69) is 10.5 Å². The van der Waals surface area contributed by atoms with Gasteiger partial charge in [0, 0.05) is 5.56 Å². The van der Waals surface area contributed by atoms with Crippen LogP contribution in [-0.2, 0) is 6.18 Å². The van der Waals surface area contributed by atoms with Crippen LogP contribution < -0.4 is 0 Å². The standard InChI is InChI=1S/C9H4F3O/c10-9(11,12)8-7-3-1-2-6(7)4-5-13-8/h1,3-5H. The summed E-state index contributed by atoms with van der Waals surface area (Å²) in [5.41, 5.74) is 0.466. The molecule has 13 heavy (non-hydrogen) atoms. The molecule has 1 radical (unpaired) electrons. The van der Waals surface area contributed by atoms with Gasteiger partial charge >= 0.3 is 6.18 Å². The zero-order valence-electron chi connectivity index (χ0n) is 6.35. The van der Waals surface area contributed by atoms with Crippen LogP contribution in [0.15, 0.2) is 28.9 Å². The lowest BCUT2D eigenvalue weighted by Gasteiger charge is -2.08. The number of alkyl halides is 3. The van der Waals surface area contributed by atoms with Gasteiger partial charge in [-0.1, -0.05) is 6.07 Å². The molecule has 0 amide bonds. The summed E-state index contributed by atoms with van der Waals surface area (Å²) in [4.78, 5) is 0. The summed E-state index contributed by atoms with van der Waals surface area (Å²) in [6, 6.07) is 6.90. The molecule has 0 spiro atoms. The highest BCUT2D eigenvalue weighted by atomic mass is 19.4. The highest BCUT2D eigenvalue weighted by Gasteiger charge is 2.37. The van der Waals surface area contributed by atoms with Gasteiger partial charge in [-0.25, -0.2) is 0 Å². The van der Waals surface area contributed by atoms with Crippen LogP contribution >= 0.6 is 0 Å². The van der Waals surface area contributed by atoms with Gasteiger partial charge < -0.3 is 4.42 Å². The highest BCUT2D eigenvalue weighted by Crippen LogP contribution is 2.37. The predicted octanol–water partition coefficient (Wildman–Crippen LogP) is 3.20. The third kappa shape index (κ3) is 1.28. The van der Waals surface area contributed by atoms with Gasteiger partial charge in [-0.3, -0.25) is 0 Å². The number of fused-ring (bicyclic) bond motifs is 1. The van der Waals surface area contributed by atoms with E-state index >= 15 is 0 Å². The molecule has 0 bridgehead atoms. The van der Waals surface area contributed by atoms with Crippen molar-refractivity contribution < 1.29 is 17.6 Å². The van der Waals surface area contributed by atoms with Crippen LogP contribution in [0.25, 0.3) is 11.1 Å². The second-order valence-electron chi connectivity index (χ2n) is 2.55. The van der Waals surface area contributed by atoms with Crippen molar-refractivity contribution in [3.8, 4) is 11.1 Å². The molecule has 0 aromatic carbocycles. The monoisotopic (exact) mass is 185 g/mol. The van der Waals surface area contributed by atoms with Crippen molar-refractivity contribution in [3.05, 3.63) is 36.3 Å². The molecule has 2 aliphatic rings. The van der Waals surface area contributed by atoms with Crippen LogP contribution in [0.1, 0.15) is 5.76 Å². The molecule has 1 aliphatic carbocycles. The zero-order chi connectivity index (χ0) is 9.47. The minimum atomic E-state index is -4.44. The Labute approximate surface area is 72.1 Å². The molecule has 0 saturated heterocycles. The van der Waals surface area contributed by atoms with Gasteiger partial charge in [-0.2, -0.15) is 13.2 Å². The molecular formula is C9H4F3O. The number of rotatable bonds is 0. The number of hydrogen-bond donors (Lipinski definition) is 0. The van der Waals surface area contributed by atoms with Crippen molar-refractivity contribution in [1.82, 2.24) is 0 Å². The van der Waals surface area contributed by atoms with E-state index in [9.17, 15) is 13.2 Å². The molecule has 2 rings (SSSR count). The van der Waals surface area contributed by atoms with Gasteiger partial charge in [0.2, 0.25) is 5.76 Å². The van der Waals surface area contributed by atoms with E-state index in [1.54, 1.807) is 0 Å². The fourth-order valence-electron chi connectivity index (χ4n) is 1.17. The molecule has 1 heterocycles. The van der Waals surface area contributed by atoms with Crippen molar-refractivity contribution in [2.75, 3.05) is 0 Å². The highest BCUT2D eigenvalue weighted by molar-refractivity contribution is 5.67. The van der Waals surface area contributed by atoms with Crippen molar-refractivity contribution in [3.63, 3.8) is 0 Å². The van der Waals surface area contributed by atoms with Crippen molar-refractivity contribution >= 4 is 0 Å². The summed E-state index contributed by atoms with van der Waals surface area (Å²) in [6.45, 7) is 0. The van der Waals surface area contributed by atoms with Crippen molar-refractivity contribution in [1.29, 1.82) is 0 Å². The normalized spacial score (nSPS) is 12.2. The Balaban J connectivity index is 2.65. The van der Waals surface area contributed by atoms with Gasteiger partial charge in [0.05, 0.1) is 6.26 Å². The third-order valence-electron chi connectivity index (χ3n) is 1.70. The van der Waals surface area contributed by atoms with E-state index in [0.29, 0.717) is 5.56 Å². The lowest BCUT2D eigenvalue weighted by molar-refractivity contribution is -0.153. The summed E-state index contributed by atoms with van der Waals surface area (Å²) in [7, 11) is 0. The van der Waals surface area contributed by atoms with Crippen LogP contribution in [0.4, 0.5) is 13.2 Å². The molecule has 0 aromatic heterocycles. The first-order valence-corrected chi connectivity index (χ1v) is 3.54. The minimum absolute atomic E-state index is 0.0509. The quantitative estimate of drug-likeness (QED) is 0.614. The molecular weight excluding hydrogens is 181 g/mol. The Morgan fingerprint density at radius 3 is 2.69 bits per heavy atom. The lowest BCUT2D eigenvalue weighted by Crippen LogP contribution is -2.06. The zero-order valence-corrected chi connectivity index (χ0v) is 6.35. The van der Waals surface area contributed by atoms with Gasteiger partial charge in [0.15, 0.2) is 0 Å². The molecule has 67 valence electrons. The topological polar surface area (TPSA) is 13.1 Å². The largest absolute Gasteiger partial charge is 0.459 e. The van der Waals surface area contributed by atoms with Gasteiger partial charge in [-0.15, -0.1) is 0 Å². The van der Waals surface area contributed by atoms with E-state index in [1.807, 2.05) is 0 Å². The van der Waals surface area contributed by atoms with Crippen molar-refractivity contribution in [2.45, 2.75) is 6.18 Å². The van der Waals surface area contributed by atoms with Crippen LogP contribution in [0.2, 0.25) is 0 Å². The Morgan fingerprint density at radius 1 is 1.23 bits per heavy atom. The van der Waals surface area contributed by atoms with E-state index in [-0.39, 0.29) is 5.56 Å². The lowest BCUT2D eigenvalue weighted by atomic mass is 10.1. The Morgan fingerprint density at radius 2 is 2.00 bits per heavy atom. The average molecular weight is 185 g/mol. The Bertz CT molecular complexity index is 388. The predicted molar refractivity (Wildman–Crippen MR) is 39.2 cm³/mol. The smallest absolute Gasteiger partial charge is 0.450 e. The summed E-state index contributed by atoms with van der Waals surface area (Å²) in [5.74, 6) is -0.966. The minimum Gasteiger partial charge on any atom is -0.459 e. The van der Waals surface area contributed by atoms with Crippen LogP contribution in [-0.4, -0.2) is 0 Å². The molecule has 0 saturated carbocycles. The van der Waals surface area contributed by atoms with Crippen LogP contribution in [0.5, 0.6) is 0 Å². The molecule has 1 aliphatic heterocycles. The molecule has 0 N–H and O–H groups in total. The summed E-state index contributed by atoms with van der Waals surface area (Å²) in [5, 5.41) is 0. The number of halogens is 3. The molecule has 1 nitrogen and oxygen atoms in total. The maximum atomic E-state index is 12.3. The van der Waals surface area contributed by atoms with Crippen LogP contribution in [0.3, 0.4) is 0 Å². The van der Waals surface area contributed by atoms with Gasteiger partial charge in [0.1, 0.15) is 0 Å². The number of hydrogen-bond acceptors (Lipinski definition) is 1. The van der Waals surface area contributed by atoms with E-state index in [4.69, 9.17) is 0 Å². The maximum Gasteiger partial charge on any atom is 0.450 e. The first-order chi connectivity index (χ1) is 6.09. The van der Waals surface area contributed by atoms with E-state index in [0.717, 1.165) is 6.26 Å². The first kappa shape index (κ1) is 8.16. The molecule has 0 unspecified atom stereocenters. The van der Waals surface area contributed by atoms with Crippen molar-refractivity contribution in [2.24, 2.45) is 0 Å². The van der Waals surface area contributed by atoms with Gasteiger partial charge in [0.25, 0.3) is 0 Å². The molecule has 4 heteroatoms. The SMILES string of the molecule is FC(F)(F)c1occc2[c]ccc1-2. The summed E-state index contributed by atoms with van der Waals surface area (Å²) < 4.78 is 41.3. The third-order valence-corrected chi connectivity index (χ3v) is 1.70. The molecule has 0 atom stereocenters. The summed E-state index contributed by atoms with van der Waals surface area (Å²) >= 11 is 0. The molecule has 0 fully saturated rings. The fourth-order valence-corrected chi connectivity index (χ4v) is 1.17. The second kappa shape index (κ2) is 2.52. The molecule has 0 aromatic rings. The van der Waals surface area contributed by atoms with E-state index in [1.165, 1.54) is 18.2 Å². The maximum absolute atomic E-state index is 12.3. The van der Waals surface area contributed by atoms with Crippen LogP contribution in [0, 0.1) is 6.07 Å². The summed E-state index contributed by atoms with van der Waals surface area (Å²) in [6.07, 6.45) is -3.43. The van der Waals surface area contributed by atoms with Gasteiger partial charge in [-0.05, 0) is 23.8 Å². The van der Waals surface area contributed by atoms with E-state index < -0.39 is 11.9 Å². The Hall–Kier alpha value is -1.45. The second-order valence-corrected chi connectivity index (χ2v) is 2.55.